The Labute approximate surface area is 172 Å². The number of carbonyl (C=O) groups excluding carboxylic acids is 2. The molecule has 1 aromatic carbocycles. The highest BCUT2D eigenvalue weighted by atomic mass is 32.2. The fraction of sp³-hybridized carbons (Fsp3) is 0.211. The van der Waals surface area contributed by atoms with Crippen molar-refractivity contribution in [1.29, 1.82) is 0 Å². The third-order valence-electron chi connectivity index (χ3n) is 3.86. The Morgan fingerprint density at radius 2 is 1.90 bits per heavy atom. The molecule has 3 rings (SSSR count). The molecular formula is C19H19N3O7S. The fourth-order valence-electron chi connectivity index (χ4n) is 2.45. The van der Waals surface area contributed by atoms with Crippen molar-refractivity contribution < 1.29 is 31.7 Å². The van der Waals surface area contributed by atoms with Crippen LogP contribution in [-0.2, 0) is 31.0 Å². The maximum Gasteiger partial charge on any atom is 0.324 e. The number of hydrogen-bond donors (Lipinski definition) is 2. The van der Waals surface area contributed by atoms with Gasteiger partial charge in [0.1, 0.15) is 18.3 Å². The zero-order chi connectivity index (χ0) is 21.7. The normalized spacial score (nSPS) is 12.3. The van der Waals surface area contributed by atoms with Gasteiger partial charge in [-0.1, -0.05) is 5.16 Å². The van der Waals surface area contributed by atoms with E-state index in [1.54, 1.807) is 18.2 Å². The van der Waals surface area contributed by atoms with Crippen molar-refractivity contribution in [2.75, 3.05) is 5.32 Å². The molecule has 2 aromatic heterocycles. The van der Waals surface area contributed by atoms with Crippen LogP contribution in [0.5, 0.6) is 0 Å². The molecule has 10 nitrogen and oxygen atoms in total. The number of aromatic nitrogens is 1. The minimum Gasteiger partial charge on any atom is -0.461 e. The summed E-state index contributed by atoms with van der Waals surface area (Å²) in [6.07, 6.45) is 1.48. The Morgan fingerprint density at radius 3 is 2.53 bits per heavy atom. The van der Waals surface area contributed by atoms with Gasteiger partial charge in [0, 0.05) is 18.7 Å². The standard InChI is InChI=1S/C19H19N3O7S/c1-12(22-30(25,26)16-7-5-14(6-8-16)20-13(2)23)19(24)28-11-15-10-18(29-21-15)17-4-3-9-27-17/h3-10,12,22H,11H2,1-2H3,(H,20,23)/t12-/m0/s1. The summed E-state index contributed by atoms with van der Waals surface area (Å²) >= 11 is 0. The number of anilines is 1. The Kier molecular flexibility index (Phi) is 6.33. The number of nitrogens with zero attached hydrogens (tertiary/aromatic N) is 1. The number of hydrogen-bond acceptors (Lipinski definition) is 8. The Bertz CT molecular complexity index is 1120. The van der Waals surface area contributed by atoms with Crippen LogP contribution in [-0.4, -0.2) is 31.5 Å². The van der Waals surface area contributed by atoms with E-state index in [-0.39, 0.29) is 17.4 Å². The van der Waals surface area contributed by atoms with Gasteiger partial charge in [0.15, 0.2) is 5.76 Å². The van der Waals surface area contributed by atoms with Crippen LogP contribution < -0.4 is 10.0 Å². The van der Waals surface area contributed by atoms with Crippen LogP contribution in [0.4, 0.5) is 5.69 Å². The second-order valence-electron chi connectivity index (χ2n) is 6.32. The van der Waals surface area contributed by atoms with E-state index in [0.29, 0.717) is 22.9 Å². The van der Waals surface area contributed by atoms with Crippen LogP contribution in [0.1, 0.15) is 19.5 Å². The molecule has 0 spiro atoms. The molecule has 0 aliphatic rings. The van der Waals surface area contributed by atoms with Crippen LogP contribution in [0.15, 0.2) is 62.6 Å². The van der Waals surface area contributed by atoms with Crippen molar-refractivity contribution >= 4 is 27.6 Å². The second-order valence-corrected chi connectivity index (χ2v) is 8.03. The molecule has 3 aromatic rings. The van der Waals surface area contributed by atoms with Gasteiger partial charge in [0.25, 0.3) is 0 Å². The first-order valence-corrected chi connectivity index (χ1v) is 10.3. The lowest BCUT2D eigenvalue weighted by Crippen LogP contribution is -2.39. The summed E-state index contributed by atoms with van der Waals surface area (Å²) < 4.78 is 42.5. The second kappa shape index (κ2) is 8.93. The van der Waals surface area contributed by atoms with Crippen molar-refractivity contribution in [3.63, 3.8) is 0 Å². The molecule has 1 atom stereocenters. The topological polar surface area (TPSA) is 141 Å². The molecule has 0 aliphatic carbocycles. The molecule has 0 saturated carbocycles. The predicted molar refractivity (Wildman–Crippen MR) is 105 cm³/mol. The zero-order valence-electron chi connectivity index (χ0n) is 16.1. The maximum absolute atomic E-state index is 12.4. The smallest absolute Gasteiger partial charge is 0.324 e. The molecule has 0 unspecified atom stereocenters. The third-order valence-corrected chi connectivity index (χ3v) is 5.41. The van der Waals surface area contributed by atoms with Gasteiger partial charge in [-0.05, 0) is 43.3 Å². The van der Waals surface area contributed by atoms with Gasteiger partial charge in [-0.15, -0.1) is 0 Å². The lowest BCUT2D eigenvalue weighted by atomic mass is 10.3. The van der Waals surface area contributed by atoms with Crippen LogP contribution in [0.25, 0.3) is 11.5 Å². The van der Waals surface area contributed by atoms with E-state index in [9.17, 15) is 18.0 Å². The van der Waals surface area contributed by atoms with Crippen molar-refractivity contribution in [3.8, 4) is 11.5 Å². The van der Waals surface area contributed by atoms with E-state index < -0.39 is 22.0 Å². The van der Waals surface area contributed by atoms with Gasteiger partial charge in [0.05, 0.1) is 11.2 Å². The average Bonchev–Trinajstić information content (AvgIpc) is 3.37. The number of ether oxygens (including phenoxy) is 1. The molecule has 2 N–H and O–H groups in total. The molecule has 0 aliphatic heterocycles. The quantitative estimate of drug-likeness (QED) is 0.516. The first kappa shape index (κ1) is 21.3. The number of rotatable bonds is 8. The largest absolute Gasteiger partial charge is 0.461 e. The first-order valence-electron chi connectivity index (χ1n) is 8.81. The predicted octanol–water partition coefficient (Wildman–Crippen LogP) is 2.30. The fourth-order valence-corrected chi connectivity index (χ4v) is 3.65. The van der Waals surface area contributed by atoms with Crippen molar-refractivity contribution in [1.82, 2.24) is 9.88 Å². The van der Waals surface area contributed by atoms with Gasteiger partial charge in [-0.2, -0.15) is 4.72 Å². The monoisotopic (exact) mass is 433 g/mol. The summed E-state index contributed by atoms with van der Waals surface area (Å²) in [6.45, 7) is 2.51. The summed E-state index contributed by atoms with van der Waals surface area (Å²) in [5.41, 5.74) is 0.800. The highest BCUT2D eigenvalue weighted by Gasteiger charge is 2.23. The molecule has 0 fully saturated rings. The van der Waals surface area contributed by atoms with Crippen LogP contribution in [0.3, 0.4) is 0 Å². The lowest BCUT2D eigenvalue weighted by Gasteiger charge is -2.13. The average molecular weight is 433 g/mol. The molecule has 1 amide bonds. The molecule has 0 radical (unpaired) electrons. The van der Waals surface area contributed by atoms with Crippen molar-refractivity contribution in [3.05, 3.63) is 54.4 Å². The highest BCUT2D eigenvalue weighted by Crippen LogP contribution is 2.21. The van der Waals surface area contributed by atoms with Crippen LogP contribution >= 0.6 is 0 Å². The lowest BCUT2D eigenvalue weighted by molar-refractivity contribution is -0.146. The van der Waals surface area contributed by atoms with Gasteiger partial charge >= 0.3 is 5.97 Å². The molecule has 11 heteroatoms. The molecule has 158 valence electrons. The number of nitrogens with one attached hydrogen (secondary N) is 2. The van der Waals surface area contributed by atoms with Gasteiger partial charge in [0.2, 0.25) is 21.7 Å². The summed E-state index contributed by atoms with van der Waals surface area (Å²) in [5, 5.41) is 6.31. The summed E-state index contributed by atoms with van der Waals surface area (Å²) in [7, 11) is -3.97. The summed E-state index contributed by atoms with van der Waals surface area (Å²) in [6, 6.07) is 9.32. The van der Waals surface area contributed by atoms with E-state index in [1.807, 2.05) is 0 Å². The van der Waals surface area contributed by atoms with Gasteiger partial charge < -0.3 is 19.0 Å². The SMILES string of the molecule is CC(=O)Nc1ccc(S(=O)(=O)N[C@@H](C)C(=O)OCc2cc(-c3ccco3)on2)cc1. The summed E-state index contributed by atoms with van der Waals surface area (Å²) in [5.74, 6) is -0.201. The highest BCUT2D eigenvalue weighted by molar-refractivity contribution is 7.89. The van der Waals surface area contributed by atoms with Crippen molar-refractivity contribution in [2.24, 2.45) is 0 Å². The summed E-state index contributed by atoms with van der Waals surface area (Å²) in [4.78, 5) is 23.1. The van der Waals surface area contributed by atoms with E-state index in [2.05, 4.69) is 15.2 Å². The van der Waals surface area contributed by atoms with E-state index >= 15 is 0 Å². The molecule has 30 heavy (non-hydrogen) atoms. The number of amides is 1. The zero-order valence-corrected chi connectivity index (χ0v) is 16.9. The van der Waals surface area contributed by atoms with E-state index in [4.69, 9.17) is 13.7 Å². The molecule has 0 saturated heterocycles. The number of benzene rings is 1. The number of esters is 1. The molecular weight excluding hydrogens is 414 g/mol. The maximum atomic E-state index is 12.4. The van der Waals surface area contributed by atoms with Crippen molar-refractivity contribution in [2.45, 2.75) is 31.4 Å². The molecule has 2 heterocycles. The van der Waals surface area contributed by atoms with Crippen LogP contribution in [0.2, 0.25) is 0 Å². The number of furan rings is 1. The first-order chi connectivity index (χ1) is 14.2. The Balaban J connectivity index is 1.56. The number of sulfonamides is 1. The Morgan fingerprint density at radius 1 is 1.17 bits per heavy atom. The minimum atomic E-state index is -3.97. The van der Waals surface area contributed by atoms with E-state index in [0.717, 1.165) is 0 Å². The minimum absolute atomic E-state index is 0.0594. The van der Waals surface area contributed by atoms with E-state index in [1.165, 1.54) is 44.4 Å². The van der Waals surface area contributed by atoms with Gasteiger partial charge in [-0.3, -0.25) is 9.59 Å². The number of carbonyl (C=O) groups is 2. The van der Waals surface area contributed by atoms with Crippen LogP contribution in [0, 0.1) is 0 Å². The van der Waals surface area contributed by atoms with Gasteiger partial charge in [-0.25, -0.2) is 8.42 Å². The third kappa shape index (κ3) is 5.33. The Hall–Kier alpha value is -3.44. The molecule has 0 bridgehead atoms.